The fourth-order valence-corrected chi connectivity index (χ4v) is 2.68. The van der Waals surface area contributed by atoms with Gasteiger partial charge in [0.25, 0.3) is 0 Å². The van der Waals surface area contributed by atoms with E-state index < -0.39 is 22.9 Å². The second-order valence-corrected chi connectivity index (χ2v) is 5.30. The zero-order valence-electron chi connectivity index (χ0n) is 11.1. The highest BCUT2D eigenvalue weighted by Gasteiger charge is 2.39. The fourth-order valence-electron chi connectivity index (χ4n) is 2.68. The maximum atomic E-state index is 14.4. The molecule has 2 aromatic rings. The van der Waals surface area contributed by atoms with Crippen LogP contribution in [0.3, 0.4) is 0 Å². The number of rotatable bonds is 1. The van der Waals surface area contributed by atoms with E-state index in [0.717, 1.165) is 0 Å². The molecule has 0 fully saturated rings. The van der Waals surface area contributed by atoms with Gasteiger partial charge in [-0.05, 0) is 13.8 Å². The number of furan rings is 1. The minimum absolute atomic E-state index is 0.0202. The molecule has 0 saturated carbocycles. The SMILES string of the molecule is CC(C)N1CCn2c(c(F)c3c(C(F)(F)F)coc32)C1. The lowest BCUT2D eigenvalue weighted by Gasteiger charge is -2.31. The summed E-state index contributed by atoms with van der Waals surface area (Å²) < 4.78 is 59.4. The Kier molecular flexibility index (Phi) is 2.86. The van der Waals surface area contributed by atoms with Crippen LogP contribution in [0.2, 0.25) is 0 Å². The number of fused-ring (bicyclic) bond motifs is 3. The fraction of sp³-hybridized carbons (Fsp3) is 0.538. The molecule has 20 heavy (non-hydrogen) atoms. The van der Waals surface area contributed by atoms with Crippen LogP contribution in [-0.2, 0) is 19.3 Å². The Morgan fingerprint density at radius 2 is 1.95 bits per heavy atom. The first-order valence-electron chi connectivity index (χ1n) is 6.40. The minimum Gasteiger partial charge on any atom is -0.447 e. The number of hydrogen-bond donors (Lipinski definition) is 0. The standard InChI is InChI=1S/C13H14F4N2O/c1-7(2)18-3-4-19-9(5-18)11(14)10-8(13(15,16)17)6-20-12(10)19/h6-7H,3-5H2,1-2H3. The first-order chi connectivity index (χ1) is 9.30. The van der Waals surface area contributed by atoms with Gasteiger partial charge < -0.3 is 8.98 Å². The van der Waals surface area contributed by atoms with Crippen LogP contribution in [0.25, 0.3) is 11.1 Å². The molecular formula is C13H14F4N2O. The van der Waals surface area contributed by atoms with Crippen LogP contribution in [0, 0.1) is 5.82 Å². The summed E-state index contributed by atoms with van der Waals surface area (Å²) in [4.78, 5) is 2.02. The molecule has 7 heteroatoms. The first kappa shape index (κ1) is 13.5. The van der Waals surface area contributed by atoms with Gasteiger partial charge in [0.2, 0.25) is 5.71 Å². The Morgan fingerprint density at radius 3 is 2.55 bits per heavy atom. The molecule has 1 aliphatic rings. The Bertz CT molecular complexity index is 653. The van der Waals surface area contributed by atoms with E-state index in [0.29, 0.717) is 25.9 Å². The van der Waals surface area contributed by atoms with Crippen molar-refractivity contribution < 1.29 is 22.0 Å². The van der Waals surface area contributed by atoms with E-state index in [4.69, 9.17) is 4.42 Å². The number of aromatic nitrogens is 1. The van der Waals surface area contributed by atoms with Crippen molar-refractivity contribution in [3.05, 3.63) is 23.3 Å². The quantitative estimate of drug-likeness (QED) is 0.748. The molecule has 0 saturated heterocycles. The highest BCUT2D eigenvalue weighted by molar-refractivity contribution is 5.82. The molecule has 0 spiro atoms. The largest absolute Gasteiger partial charge is 0.447 e. The van der Waals surface area contributed by atoms with E-state index in [1.54, 1.807) is 0 Å². The monoisotopic (exact) mass is 290 g/mol. The van der Waals surface area contributed by atoms with E-state index in [-0.39, 0.29) is 17.4 Å². The molecule has 0 radical (unpaired) electrons. The predicted molar refractivity (Wildman–Crippen MR) is 64.7 cm³/mol. The van der Waals surface area contributed by atoms with E-state index in [2.05, 4.69) is 0 Å². The number of nitrogens with zero attached hydrogens (tertiary/aromatic N) is 2. The topological polar surface area (TPSA) is 21.3 Å². The van der Waals surface area contributed by atoms with Crippen LogP contribution in [0.1, 0.15) is 25.1 Å². The molecule has 0 aliphatic carbocycles. The van der Waals surface area contributed by atoms with Gasteiger partial charge in [0.15, 0.2) is 5.82 Å². The van der Waals surface area contributed by atoms with E-state index in [9.17, 15) is 17.6 Å². The van der Waals surface area contributed by atoms with Crippen molar-refractivity contribution >= 4 is 11.1 Å². The third-order valence-electron chi connectivity index (χ3n) is 3.81. The second kappa shape index (κ2) is 4.25. The van der Waals surface area contributed by atoms with Gasteiger partial charge in [-0.1, -0.05) is 0 Å². The average Bonchev–Trinajstić information content (AvgIpc) is 2.90. The third kappa shape index (κ3) is 1.83. The van der Waals surface area contributed by atoms with E-state index in [1.807, 2.05) is 18.7 Å². The van der Waals surface area contributed by atoms with Gasteiger partial charge in [-0.3, -0.25) is 4.90 Å². The maximum absolute atomic E-state index is 14.4. The van der Waals surface area contributed by atoms with Crippen LogP contribution in [0.5, 0.6) is 0 Å². The van der Waals surface area contributed by atoms with Gasteiger partial charge in [-0.2, -0.15) is 13.2 Å². The van der Waals surface area contributed by atoms with Crippen LogP contribution in [-0.4, -0.2) is 22.1 Å². The number of halogens is 4. The Labute approximate surface area is 112 Å². The minimum atomic E-state index is -4.61. The highest BCUT2D eigenvalue weighted by Crippen LogP contribution is 2.40. The molecule has 3 rings (SSSR count). The molecule has 0 N–H and O–H groups in total. The molecule has 110 valence electrons. The number of hydrogen-bond acceptors (Lipinski definition) is 2. The molecule has 0 amide bonds. The molecule has 2 aromatic heterocycles. The van der Waals surface area contributed by atoms with Crippen molar-refractivity contribution in [2.24, 2.45) is 0 Å². The van der Waals surface area contributed by atoms with Crippen molar-refractivity contribution in [1.29, 1.82) is 0 Å². The summed E-state index contributed by atoms with van der Waals surface area (Å²) in [5.41, 5.74) is -0.791. The summed E-state index contributed by atoms with van der Waals surface area (Å²) in [5.74, 6) is -0.813. The van der Waals surface area contributed by atoms with Crippen LogP contribution in [0.4, 0.5) is 17.6 Å². The summed E-state index contributed by atoms with van der Waals surface area (Å²) >= 11 is 0. The van der Waals surface area contributed by atoms with Crippen molar-refractivity contribution in [2.45, 2.75) is 39.2 Å². The zero-order chi connectivity index (χ0) is 14.7. The molecule has 0 aromatic carbocycles. The summed E-state index contributed by atoms with van der Waals surface area (Å²) in [6.45, 7) is 5.34. The first-order valence-corrected chi connectivity index (χ1v) is 6.40. The molecule has 0 bridgehead atoms. The lowest BCUT2D eigenvalue weighted by Crippen LogP contribution is -2.38. The van der Waals surface area contributed by atoms with Crippen molar-refractivity contribution in [3.8, 4) is 0 Å². The van der Waals surface area contributed by atoms with Crippen LogP contribution < -0.4 is 0 Å². The van der Waals surface area contributed by atoms with Crippen LogP contribution >= 0.6 is 0 Å². The normalized spacial score (nSPS) is 17.1. The third-order valence-corrected chi connectivity index (χ3v) is 3.81. The summed E-state index contributed by atoms with van der Waals surface area (Å²) in [7, 11) is 0. The maximum Gasteiger partial charge on any atom is 0.420 e. The van der Waals surface area contributed by atoms with Crippen molar-refractivity contribution in [3.63, 3.8) is 0 Å². The van der Waals surface area contributed by atoms with Crippen LogP contribution in [0.15, 0.2) is 10.7 Å². The molecular weight excluding hydrogens is 276 g/mol. The van der Waals surface area contributed by atoms with Crippen molar-refractivity contribution in [2.75, 3.05) is 6.54 Å². The lowest BCUT2D eigenvalue weighted by atomic mass is 10.2. The van der Waals surface area contributed by atoms with Crippen molar-refractivity contribution in [1.82, 2.24) is 9.47 Å². The van der Waals surface area contributed by atoms with Gasteiger partial charge >= 0.3 is 6.18 Å². The molecule has 3 heterocycles. The van der Waals surface area contributed by atoms with Gasteiger partial charge in [0, 0.05) is 25.7 Å². The Morgan fingerprint density at radius 1 is 1.25 bits per heavy atom. The van der Waals surface area contributed by atoms with Gasteiger partial charge in [-0.15, -0.1) is 0 Å². The Hall–Kier alpha value is -1.50. The molecule has 0 unspecified atom stereocenters. The smallest absolute Gasteiger partial charge is 0.420 e. The summed E-state index contributed by atoms with van der Waals surface area (Å²) in [6, 6.07) is 0.214. The van der Waals surface area contributed by atoms with E-state index in [1.165, 1.54) is 4.57 Å². The highest BCUT2D eigenvalue weighted by atomic mass is 19.4. The summed E-state index contributed by atoms with van der Waals surface area (Å²) in [5, 5.41) is -0.446. The number of alkyl halides is 3. The summed E-state index contributed by atoms with van der Waals surface area (Å²) in [6.07, 6.45) is -4.02. The second-order valence-electron chi connectivity index (χ2n) is 5.30. The zero-order valence-corrected chi connectivity index (χ0v) is 11.1. The lowest BCUT2D eigenvalue weighted by molar-refractivity contribution is -0.136. The molecule has 3 nitrogen and oxygen atoms in total. The Balaban J connectivity index is 2.16. The molecule has 0 atom stereocenters. The predicted octanol–water partition coefficient (Wildman–Crippen LogP) is 3.62. The van der Waals surface area contributed by atoms with Gasteiger partial charge in [-0.25, -0.2) is 4.39 Å². The van der Waals surface area contributed by atoms with Gasteiger partial charge in [0.1, 0.15) is 11.8 Å². The molecule has 1 aliphatic heterocycles. The van der Waals surface area contributed by atoms with E-state index >= 15 is 0 Å². The van der Waals surface area contributed by atoms with Gasteiger partial charge in [0.05, 0.1) is 11.1 Å². The average molecular weight is 290 g/mol.